The van der Waals surface area contributed by atoms with E-state index in [9.17, 15) is 14.0 Å². The second-order valence-corrected chi connectivity index (χ2v) is 9.18. The Morgan fingerprint density at radius 1 is 1.06 bits per heavy atom. The lowest BCUT2D eigenvalue weighted by Crippen LogP contribution is -2.47. The molecule has 3 heterocycles. The predicted octanol–water partition coefficient (Wildman–Crippen LogP) is 3.82. The summed E-state index contributed by atoms with van der Waals surface area (Å²) in [7, 11) is 0. The SMILES string of the molecule is C[C@H]1CN(C2=NC(=O)/C(=C3/C(=O)N(Cc4ccc(F)cc4)c4ccccc43)S2)C[C@H](C)O1. The summed E-state index contributed by atoms with van der Waals surface area (Å²) < 4.78 is 19.1. The summed E-state index contributed by atoms with van der Waals surface area (Å²) in [5, 5.41) is 0.613. The molecular formula is C24H22FN3O3S. The molecular weight excluding hydrogens is 429 g/mol. The minimum Gasteiger partial charge on any atom is -0.372 e. The number of fused-ring (bicyclic) bond motifs is 1. The minimum atomic E-state index is -0.390. The van der Waals surface area contributed by atoms with Crippen LogP contribution in [0.2, 0.25) is 0 Å². The number of anilines is 1. The van der Waals surface area contributed by atoms with Crippen LogP contribution in [0.25, 0.3) is 5.57 Å². The standard InChI is InChI=1S/C24H22FN3O3S/c1-14-11-27(12-15(2)31-14)24-26-22(29)21(32-24)20-18-5-3-4-6-19(18)28(23(20)30)13-16-7-9-17(25)10-8-16/h3-10,14-15H,11-13H2,1-2H3/b21-20-/t14-,15-/m0/s1. The fourth-order valence-electron chi connectivity index (χ4n) is 4.35. The summed E-state index contributed by atoms with van der Waals surface area (Å²) in [5.41, 5.74) is 2.64. The molecule has 0 spiro atoms. The van der Waals surface area contributed by atoms with Crippen LogP contribution in [0.1, 0.15) is 25.0 Å². The van der Waals surface area contributed by atoms with Gasteiger partial charge in [-0.15, -0.1) is 0 Å². The summed E-state index contributed by atoms with van der Waals surface area (Å²) >= 11 is 1.26. The van der Waals surface area contributed by atoms with Gasteiger partial charge in [-0.1, -0.05) is 30.3 Å². The summed E-state index contributed by atoms with van der Waals surface area (Å²) in [6, 6.07) is 13.5. The van der Waals surface area contributed by atoms with E-state index in [1.54, 1.807) is 17.0 Å². The van der Waals surface area contributed by atoms with Gasteiger partial charge in [-0.25, -0.2) is 4.39 Å². The van der Waals surface area contributed by atoms with Crippen molar-refractivity contribution >= 4 is 40.0 Å². The largest absolute Gasteiger partial charge is 0.372 e. The van der Waals surface area contributed by atoms with Crippen molar-refractivity contribution in [1.29, 1.82) is 0 Å². The quantitative estimate of drug-likeness (QED) is 0.650. The Balaban J connectivity index is 1.47. The Morgan fingerprint density at radius 2 is 1.75 bits per heavy atom. The van der Waals surface area contributed by atoms with Crippen molar-refractivity contribution in [2.24, 2.45) is 4.99 Å². The van der Waals surface area contributed by atoms with E-state index in [4.69, 9.17) is 4.74 Å². The smallest absolute Gasteiger partial charge is 0.287 e. The number of halogens is 1. The van der Waals surface area contributed by atoms with E-state index >= 15 is 0 Å². The number of hydrogen-bond acceptors (Lipinski definition) is 5. The Labute approximate surface area is 189 Å². The molecule has 8 heteroatoms. The Hall–Kier alpha value is -2.97. The lowest BCUT2D eigenvalue weighted by atomic mass is 10.1. The second-order valence-electron chi connectivity index (χ2n) is 8.20. The van der Waals surface area contributed by atoms with E-state index < -0.39 is 5.91 Å². The minimum absolute atomic E-state index is 0.0360. The number of amides is 2. The van der Waals surface area contributed by atoms with Crippen LogP contribution in [0, 0.1) is 5.82 Å². The Kier molecular flexibility index (Phi) is 5.35. The second kappa shape index (κ2) is 8.18. The molecule has 0 N–H and O–H groups in total. The molecule has 1 fully saturated rings. The van der Waals surface area contributed by atoms with Gasteiger partial charge in [0.05, 0.1) is 34.9 Å². The number of thioether (sulfide) groups is 1. The van der Waals surface area contributed by atoms with Gasteiger partial charge >= 0.3 is 0 Å². The number of benzene rings is 2. The number of carbonyl (C=O) groups is 2. The van der Waals surface area contributed by atoms with Crippen LogP contribution in [0.4, 0.5) is 10.1 Å². The van der Waals surface area contributed by atoms with Crippen LogP contribution in [-0.2, 0) is 20.9 Å². The molecule has 2 atom stereocenters. The molecule has 0 unspecified atom stereocenters. The van der Waals surface area contributed by atoms with Gasteiger partial charge in [-0.05, 0) is 49.4 Å². The fourth-order valence-corrected chi connectivity index (χ4v) is 5.37. The maximum absolute atomic E-state index is 13.5. The zero-order valence-electron chi connectivity index (χ0n) is 17.7. The molecule has 32 heavy (non-hydrogen) atoms. The third-order valence-corrected chi connectivity index (χ3v) is 6.79. The van der Waals surface area contributed by atoms with Gasteiger partial charge in [0, 0.05) is 18.7 Å². The highest BCUT2D eigenvalue weighted by atomic mass is 32.2. The van der Waals surface area contributed by atoms with Gasteiger partial charge in [-0.2, -0.15) is 4.99 Å². The number of ether oxygens (including phenoxy) is 1. The van der Waals surface area contributed by atoms with Gasteiger partial charge in [0.15, 0.2) is 5.17 Å². The highest BCUT2D eigenvalue weighted by Crippen LogP contribution is 2.44. The van der Waals surface area contributed by atoms with Crippen LogP contribution >= 0.6 is 11.8 Å². The number of morpholine rings is 1. The van der Waals surface area contributed by atoms with Crippen LogP contribution < -0.4 is 4.90 Å². The molecule has 0 saturated carbocycles. The predicted molar refractivity (Wildman–Crippen MR) is 123 cm³/mol. The lowest BCUT2D eigenvalue weighted by molar-refractivity contribution is -0.115. The summed E-state index contributed by atoms with van der Waals surface area (Å²) in [6.45, 7) is 5.57. The van der Waals surface area contributed by atoms with E-state index in [0.29, 0.717) is 28.7 Å². The first kappa shape index (κ1) is 20.9. The molecule has 5 rings (SSSR count). The normalized spacial score (nSPS) is 25.4. The number of rotatable bonds is 2. The first-order valence-corrected chi connectivity index (χ1v) is 11.3. The van der Waals surface area contributed by atoms with Gasteiger partial charge in [0.25, 0.3) is 11.8 Å². The average Bonchev–Trinajstić information content (AvgIpc) is 3.26. The van der Waals surface area contributed by atoms with Crippen LogP contribution in [0.3, 0.4) is 0 Å². The summed E-state index contributed by atoms with van der Waals surface area (Å²) in [5.74, 6) is -0.959. The number of para-hydroxylation sites is 1. The maximum Gasteiger partial charge on any atom is 0.287 e. The van der Waals surface area contributed by atoms with Crippen molar-refractivity contribution in [2.45, 2.75) is 32.6 Å². The topological polar surface area (TPSA) is 62.2 Å². The maximum atomic E-state index is 13.5. The molecule has 0 bridgehead atoms. The Morgan fingerprint density at radius 3 is 2.47 bits per heavy atom. The highest BCUT2D eigenvalue weighted by molar-refractivity contribution is 8.18. The van der Waals surface area contributed by atoms with Gasteiger partial charge in [0.1, 0.15) is 5.82 Å². The lowest BCUT2D eigenvalue weighted by Gasteiger charge is -2.35. The van der Waals surface area contributed by atoms with E-state index in [1.807, 2.05) is 38.1 Å². The zero-order chi connectivity index (χ0) is 22.4. The van der Waals surface area contributed by atoms with Crippen molar-refractivity contribution in [3.8, 4) is 0 Å². The fraction of sp³-hybridized carbons (Fsp3) is 0.292. The molecule has 3 aliphatic rings. The van der Waals surface area contributed by atoms with Crippen LogP contribution in [0.15, 0.2) is 58.4 Å². The number of aliphatic imine (C=N–C) groups is 1. The van der Waals surface area contributed by atoms with E-state index in [-0.39, 0.29) is 30.5 Å². The number of carbonyl (C=O) groups excluding carboxylic acids is 2. The van der Waals surface area contributed by atoms with Gasteiger partial charge < -0.3 is 14.5 Å². The molecule has 3 aliphatic heterocycles. The number of amidine groups is 1. The van der Waals surface area contributed by atoms with E-state index in [1.165, 1.54) is 23.9 Å². The third-order valence-electron chi connectivity index (χ3n) is 5.68. The molecule has 0 aromatic heterocycles. The summed E-state index contributed by atoms with van der Waals surface area (Å²) in [4.78, 5) is 34.7. The van der Waals surface area contributed by atoms with E-state index in [0.717, 1.165) is 16.8 Å². The molecule has 164 valence electrons. The molecule has 2 aromatic rings. The number of hydrogen-bond donors (Lipinski definition) is 0. The van der Waals surface area contributed by atoms with Crippen molar-refractivity contribution < 1.29 is 18.7 Å². The first-order valence-electron chi connectivity index (χ1n) is 10.5. The molecule has 1 saturated heterocycles. The molecule has 6 nitrogen and oxygen atoms in total. The molecule has 0 radical (unpaired) electrons. The monoisotopic (exact) mass is 451 g/mol. The van der Waals surface area contributed by atoms with Gasteiger partial charge in [0.2, 0.25) is 0 Å². The van der Waals surface area contributed by atoms with Crippen molar-refractivity contribution in [1.82, 2.24) is 4.90 Å². The Bertz CT molecular complexity index is 1150. The van der Waals surface area contributed by atoms with Crippen molar-refractivity contribution in [3.63, 3.8) is 0 Å². The average molecular weight is 452 g/mol. The third kappa shape index (κ3) is 3.73. The van der Waals surface area contributed by atoms with Crippen LogP contribution in [-0.4, -0.2) is 47.2 Å². The van der Waals surface area contributed by atoms with Crippen LogP contribution in [0.5, 0.6) is 0 Å². The van der Waals surface area contributed by atoms with Crippen molar-refractivity contribution in [3.05, 3.63) is 70.4 Å². The van der Waals surface area contributed by atoms with E-state index in [2.05, 4.69) is 9.89 Å². The van der Waals surface area contributed by atoms with Crippen molar-refractivity contribution in [2.75, 3.05) is 18.0 Å². The highest BCUT2D eigenvalue weighted by Gasteiger charge is 2.40. The molecule has 2 aromatic carbocycles. The molecule has 0 aliphatic carbocycles. The zero-order valence-corrected chi connectivity index (χ0v) is 18.6. The summed E-state index contributed by atoms with van der Waals surface area (Å²) in [6.07, 6.45) is 0.0720. The number of nitrogens with zero attached hydrogens (tertiary/aromatic N) is 3. The first-order chi connectivity index (χ1) is 15.4. The van der Waals surface area contributed by atoms with Gasteiger partial charge in [-0.3, -0.25) is 9.59 Å². The molecule has 2 amide bonds.